The van der Waals surface area contributed by atoms with Crippen molar-refractivity contribution in [1.82, 2.24) is 10.6 Å². The molecule has 21 heavy (non-hydrogen) atoms. The Labute approximate surface area is 129 Å². The molecule has 0 aromatic heterocycles. The van der Waals surface area contributed by atoms with Crippen LogP contribution in [0.5, 0.6) is 5.75 Å². The maximum absolute atomic E-state index is 11.6. The number of amides is 2. The van der Waals surface area contributed by atoms with Gasteiger partial charge in [0.2, 0.25) is 0 Å². The summed E-state index contributed by atoms with van der Waals surface area (Å²) in [5, 5.41) is 6.11. The van der Waals surface area contributed by atoms with Crippen LogP contribution >= 0.6 is 11.6 Å². The maximum atomic E-state index is 11.6. The molecule has 0 atom stereocenters. The van der Waals surface area contributed by atoms with Gasteiger partial charge in [0, 0.05) is 11.6 Å². The number of halogens is 1. The third kappa shape index (κ3) is 5.75. The molecule has 0 unspecified atom stereocenters. The van der Waals surface area contributed by atoms with Crippen LogP contribution in [0.2, 0.25) is 5.02 Å². The van der Waals surface area contributed by atoms with Gasteiger partial charge in [0.15, 0.2) is 6.73 Å². The third-order valence-corrected chi connectivity index (χ3v) is 3.08. The highest BCUT2D eigenvalue weighted by Crippen LogP contribution is 2.09. The molecule has 0 heterocycles. The minimum absolute atomic E-state index is 0.136. The Morgan fingerprint density at radius 3 is 2.43 bits per heavy atom. The van der Waals surface area contributed by atoms with E-state index in [4.69, 9.17) is 16.3 Å². The standard InChI is InChI=1S/C16H17ClN2O2/c17-14-8-6-13(7-9-14)10-11-18-16(20)19-12-21-15-4-2-1-3-5-15/h1-9H,10-12H2,(H2,18,19,20). The van der Waals surface area contributed by atoms with Crippen LogP contribution in [0.4, 0.5) is 4.79 Å². The van der Waals surface area contributed by atoms with Gasteiger partial charge < -0.3 is 15.4 Å². The molecule has 110 valence electrons. The van der Waals surface area contributed by atoms with E-state index >= 15 is 0 Å². The van der Waals surface area contributed by atoms with E-state index in [1.807, 2.05) is 54.6 Å². The maximum Gasteiger partial charge on any atom is 0.317 e. The van der Waals surface area contributed by atoms with E-state index in [9.17, 15) is 4.79 Å². The van der Waals surface area contributed by atoms with Gasteiger partial charge in [-0.25, -0.2) is 4.79 Å². The van der Waals surface area contributed by atoms with Crippen molar-refractivity contribution in [1.29, 1.82) is 0 Å². The topological polar surface area (TPSA) is 50.4 Å². The summed E-state index contributed by atoms with van der Waals surface area (Å²) in [6.07, 6.45) is 0.754. The fourth-order valence-corrected chi connectivity index (χ4v) is 1.86. The van der Waals surface area contributed by atoms with Gasteiger partial charge in [-0.05, 0) is 36.2 Å². The molecule has 5 heteroatoms. The number of para-hydroxylation sites is 1. The van der Waals surface area contributed by atoms with Crippen LogP contribution < -0.4 is 15.4 Å². The first kappa shape index (κ1) is 15.2. The van der Waals surface area contributed by atoms with E-state index in [1.54, 1.807) is 0 Å². The minimum atomic E-state index is -0.250. The van der Waals surface area contributed by atoms with Crippen LogP contribution in [-0.2, 0) is 6.42 Å². The highest BCUT2D eigenvalue weighted by Gasteiger charge is 2.00. The molecule has 0 saturated heterocycles. The summed E-state index contributed by atoms with van der Waals surface area (Å²) >= 11 is 5.81. The normalized spacial score (nSPS) is 9.95. The first-order valence-corrected chi connectivity index (χ1v) is 7.06. The second-order valence-electron chi connectivity index (χ2n) is 4.41. The van der Waals surface area contributed by atoms with Crippen molar-refractivity contribution in [3.8, 4) is 5.75 Å². The molecular formula is C16H17ClN2O2. The van der Waals surface area contributed by atoms with Gasteiger partial charge in [-0.15, -0.1) is 0 Å². The lowest BCUT2D eigenvalue weighted by Crippen LogP contribution is -2.38. The number of nitrogens with one attached hydrogen (secondary N) is 2. The molecule has 0 spiro atoms. The van der Waals surface area contributed by atoms with Crippen molar-refractivity contribution in [2.75, 3.05) is 13.3 Å². The summed E-state index contributed by atoms with van der Waals surface area (Å²) in [5.41, 5.74) is 1.13. The largest absolute Gasteiger partial charge is 0.473 e. The summed E-state index contributed by atoms with van der Waals surface area (Å²) in [6, 6.07) is 16.6. The monoisotopic (exact) mass is 304 g/mol. The van der Waals surface area contributed by atoms with Gasteiger partial charge in [-0.2, -0.15) is 0 Å². The lowest BCUT2D eigenvalue weighted by atomic mass is 10.1. The van der Waals surface area contributed by atoms with E-state index in [0.717, 1.165) is 17.7 Å². The van der Waals surface area contributed by atoms with Crippen LogP contribution in [0.15, 0.2) is 54.6 Å². The smallest absolute Gasteiger partial charge is 0.317 e. The van der Waals surface area contributed by atoms with Crippen LogP contribution in [-0.4, -0.2) is 19.3 Å². The van der Waals surface area contributed by atoms with Gasteiger partial charge >= 0.3 is 6.03 Å². The van der Waals surface area contributed by atoms with Crippen LogP contribution in [0.25, 0.3) is 0 Å². The molecule has 0 aliphatic heterocycles. The average Bonchev–Trinajstić information content (AvgIpc) is 2.50. The van der Waals surface area contributed by atoms with Crippen LogP contribution in [0.1, 0.15) is 5.56 Å². The number of hydrogen-bond donors (Lipinski definition) is 2. The molecule has 0 aliphatic rings. The zero-order valence-electron chi connectivity index (χ0n) is 11.5. The van der Waals surface area contributed by atoms with Crippen LogP contribution in [0.3, 0.4) is 0 Å². The number of rotatable bonds is 6. The fraction of sp³-hybridized carbons (Fsp3) is 0.188. The van der Waals surface area contributed by atoms with Crippen molar-refractivity contribution in [2.24, 2.45) is 0 Å². The van der Waals surface area contributed by atoms with Crippen LogP contribution in [0, 0.1) is 0 Å². The summed E-state index contributed by atoms with van der Waals surface area (Å²) in [4.78, 5) is 11.6. The average molecular weight is 305 g/mol. The van der Waals surface area contributed by atoms with Gasteiger partial charge in [0.05, 0.1) is 0 Å². The second-order valence-corrected chi connectivity index (χ2v) is 4.85. The Hall–Kier alpha value is -2.20. The number of benzene rings is 2. The second kappa shape index (κ2) is 8.17. The predicted octanol–water partition coefficient (Wildman–Crippen LogP) is 3.22. The highest BCUT2D eigenvalue weighted by molar-refractivity contribution is 6.30. The van der Waals surface area contributed by atoms with E-state index in [1.165, 1.54) is 0 Å². The third-order valence-electron chi connectivity index (χ3n) is 2.83. The Bertz CT molecular complexity index is 558. The van der Waals surface area contributed by atoms with E-state index in [2.05, 4.69) is 10.6 Å². The molecule has 0 aliphatic carbocycles. The fourth-order valence-electron chi connectivity index (χ4n) is 1.74. The minimum Gasteiger partial charge on any atom is -0.473 e. The Balaban J connectivity index is 1.60. The van der Waals surface area contributed by atoms with E-state index < -0.39 is 0 Å². The number of carbonyl (C=O) groups excluding carboxylic acids is 1. The Morgan fingerprint density at radius 1 is 1.00 bits per heavy atom. The molecule has 2 aromatic carbocycles. The molecule has 2 aromatic rings. The quantitative estimate of drug-likeness (QED) is 0.805. The summed E-state index contributed by atoms with van der Waals surface area (Å²) in [6.45, 7) is 0.690. The summed E-state index contributed by atoms with van der Waals surface area (Å²) in [7, 11) is 0. The molecule has 2 N–H and O–H groups in total. The molecule has 0 saturated carbocycles. The van der Waals surface area contributed by atoms with Crippen molar-refractivity contribution in [3.05, 3.63) is 65.2 Å². The summed E-state index contributed by atoms with van der Waals surface area (Å²) < 4.78 is 5.37. The van der Waals surface area contributed by atoms with Crippen molar-refractivity contribution >= 4 is 17.6 Å². The molecule has 0 bridgehead atoms. The molecular weight excluding hydrogens is 288 g/mol. The van der Waals surface area contributed by atoms with Crippen molar-refractivity contribution in [2.45, 2.75) is 6.42 Å². The first-order valence-electron chi connectivity index (χ1n) is 6.68. The molecule has 2 rings (SSSR count). The SMILES string of the molecule is O=C(NCCc1ccc(Cl)cc1)NCOc1ccccc1. The lowest BCUT2D eigenvalue weighted by Gasteiger charge is -2.09. The van der Waals surface area contributed by atoms with Crippen molar-refractivity contribution < 1.29 is 9.53 Å². The molecule has 4 nitrogen and oxygen atoms in total. The molecule has 0 fully saturated rings. The first-order chi connectivity index (χ1) is 10.2. The Morgan fingerprint density at radius 2 is 1.71 bits per heavy atom. The lowest BCUT2D eigenvalue weighted by molar-refractivity contribution is 0.224. The number of ether oxygens (including phenoxy) is 1. The highest BCUT2D eigenvalue weighted by atomic mass is 35.5. The zero-order valence-corrected chi connectivity index (χ0v) is 12.3. The predicted molar refractivity (Wildman–Crippen MR) is 83.6 cm³/mol. The van der Waals surface area contributed by atoms with E-state index in [-0.39, 0.29) is 12.8 Å². The van der Waals surface area contributed by atoms with Gasteiger partial charge in [0.1, 0.15) is 5.75 Å². The van der Waals surface area contributed by atoms with Gasteiger partial charge in [-0.3, -0.25) is 0 Å². The van der Waals surface area contributed by atoms with Gasteiger partial charge in [0.25, 0.3) is 0 Å². The Kier molecular flexibility index (Phi) is 5.91. The number of carbonyl (C=O) groups is 1. The van der Waals surface area contributed by atoms with Crippen molar-refractivity contribution in [3.63, 3.8) is 0 Å². The zero-order chi connectivity index (χ0) is 14.9. The molecule has 2 amide bonds. The van der Waals surface area contributed by atoms with Gasteiger partial charge in [-0.1, -0.05) is 41.9 Å². The van der Waals surface area contributed by atoms with E-state index in [0.29, 0.717) is 11.6 Å². The number of urea groups is 1. The summed E-state index contributed by atoms with van der Waals surface area (Å²) in [5.74, 6) is 0.721. The molecule has 0 radical (unpaired) electrons. The number of hydrogen-bond acceptors (Lipinski definition) is 2.